The van der Waals surface area contributed by atoms with E-state index in [1.807, 2.05) is 38.2 Å². The second-order valence-electron chi connectivity index (χ2n) is 8.85. The first kappa shape index (κ1) is 26.5. The van der Waals surface area contributed by atoms with Gasteiger partial charge in [-0.05, 0) is 81.4 Å². The van der Waals surface area contributed by atoms with E-state index in [-0.39, 0.29) is 17.9 Å². The number of benzene rings is 2. The molecule has 10 heteroatoms. The highest BCUT2D eigenvalue weighted by Crippen LogP contribution is 2.32. The van der Waals surface area contributed by atoms with Crippen molar-refractivity contribution in [2.75, 3.05) is 43.5 Å². The van der Waals surface area contributed by atoms with E-state index in [2.05, 4.69) is 20.6 Å². The number of ether oxygens (including phenoxy) is 2. The molecule has 4 rings (SSSR count). The molecular weight excluding hydrogens is 494 g/mol. The largest absolute Gasteiger partial charge is 0.492 e. The maximum atomic E-state index is 12.5. The third-order valence-corrected chi connectivity index (χ3v) is 6.56. The third kappa shape index (κ3) is 7.24. The Bertz CT molecular complexity index is 1210. The molecule has 0 unspecified atom stereocenters. The number of nitrogens with zero attached hydrogens (tertiary/aromatic N) is 3. The number of carbonyl (C=O) groups excluding carboxylic acids is 2. The summed E-state index contributed by atoms with van der Waals surface area (Å²) in [5.41, 5.74) is 2.95. The molecule has 0 bridgehead atoms. The molecule has 1 aliphatic rings. The van der Waals surface area contributed by atoms with Crippen LogP contribution in [0.2, 0.25) is 5.02 Å². The molecule has 0 atom stereocenters. The van der Waals surface area contributed by atoms with Crippen molar-refractivity contribution < 1.29 is 19.1 Å². The van der Waals surface area contributed by atoms with Gasteiger partial charge in [-0.1, -0.05) is 11.6 Å². The molecular formula is C27H32ClN5O4. The van der Waals surface area contributed by atoms with Crippen molar-refractivity contribution in [1.29, 1.82) is 0 Å². The van der Waals surface area contributed by atoms with Crippen molar-refractivity contribution in [2.24, 2.45) is 13.0 Å². The standard InChI is InChI=1S/C27H32ClN5O4/c1-3-36-26(34)19-11-14-33(15-12-19)16-17-37-25-9-8-22(18-23(25)24-10-13-29-32(24)2)31-27(35)30-21-6-4-20(28)5-7-21/h4-10,13,18-19H,3,11-12,14-17H2,1-2H3,(H2,30,31,35). The number of esters is 1. The lowest BCUT2D eigenvalue weighted by Crippen LogP contribution is -2.39. The van der Waals surface area contributed by atoms with Gasteiger partial charge in [0, 0.05) is 41.8 Å². The van der Waals surface area contributed by atoms with Crippen LogP contribution in [0.4, 0.5) is 16.2 Å². The van der Waals surface area contributed by atoms with Gasteiger partial charge in [0.25, 0.3) is 0 Å². The Balaban J connectivity index is 1.37. The second-order valence-corrected chi connectivity index (χ2v) is 9.29. The number of rotatable bonds is 9. The summed E-state index contributed by atoms with van der Waals surface area (Å²) in [5, 5.41) is 10.5. The van der Waals surface area contributed by atoms with Gasteiger partial charge in [0.15, 0.2) is 0 Å². The maximum absolute atomic E-state index is 12.5. The van der Waals surface area contributed by atoms with Gasteiger partial charge in [-0.2, -0.15) is 5.10 Å². The number of aromatic nitrogens is 2. The zero-order valence-corrected chi connectivity index (χ0v) is 21.8. The molecule has 1 fully saturated rings. The molecule has 3 aromatic rings. The smallest absolute Gasteiger partial charge is 0.323 e. The van der Waals surface area contributed by atoms with Gasteiger partial charge in [-0.25, -0.2) is 4.79 Å². The number of piperidine rings is 1. The molecule has 0 saturated carbocycles. The fraction of sp³-hybridized carbons (Fsp3) is 0.370. The van der Waals surface area contributed by atoms with Crippen LogP contribution in [-0.4, -0.2) is 59.5 Å². The first-order valence-corrected chi connectivity index (χ1v) is 12.8. The SMILES string of the molecule is CCOC(=O)C1CCN(CCOc2ccc(NC(=O)Nc3ccc(Cl)cc3)cc2-c2ccnn2C)CC1. The van der Waals surface area contributed by atoms with Crippen LogP contribution >= 0.6 is 11.6 Å². The number of hydrogen-bond donors (Lipinski definition) is 2. The monoisotopic (exact) mass is 525 g/mol. The highest BCUT2D eigenvalue weighted by atomic mass is 35.5. The molecule has 2 N–H and O–H groups in total. The first-order chi connectivity index (χ1) is 17.9. The number of nitrogens with one attached hydrogen (secondary N) is 2. The van der Waals surface area contributed by atoms with E-state index in [0.717, 1.165) is 43.7 Å². The molecule has 2 heterocycles. The van der Waals surface area contributed by atoms with Gasteiger partial charge >= 0.3 is 12.0 Å². The summed E-state index contributed by atoms with van der Waals surface area (Å²) in [6.45, 7) is 5.19. The topological polar surface area (TPSA) is 97.7 Å². The predicted molar refractivity (Wildman–Crippen MR) is 144 cm³/mol. The Morgan fingerprint density at radius 2 is 1.76 bits per heavy atom. The van der Waals surface area contributed by atoms with E-state index in [1.165, 1.54) is 0 Å². The van der Waals surface area contributed by atoms with Crippen LogP contribution in [0.3, 0.4) is 0 Å². The Morgan fingerprint density at radius 1 is 1.05 bits per heavy atom. The molecule has 0 aliphatic carbocycles. The second kappa shape index (κ2) is 12.6. The fourth-order valence-electron chi connectivity index (χ4n) is 4.34. The molecule has 0 spiro atoms. The average Bonchev–Trinajstić information content (AvgIpc) is 3.32. The molecule has 2 aromatic carbocycles. The summed E-state index contributed by atoms with van der Waals surface area (Å²) in [6.07, 6.45) is 3.33. The van der Waals surface area contributed by atoms with Crippen LogP contribution in [0.5, 0.6) is 5.75 Å². The van der Waals surface area contributed by atoms with Gasteiger partial charge in [0.05, 0.1) is 18.2 Å². The fourth-order valence-corrected chi connectivity index (χ4v) is 4.46. The Hall–Kier alpha value is -3.56. The lowest BCUT2D eigenvalue weighted by molar-refractivity contribution is -0.149. The number of amides is 2. The van der Waals surface area contributed by atoms with Crippen molar-refractivity contribution in [3.8, 4) is 17.0 Å². The van der Waals surface area contributed by atoms with E-state index in [9.17, 15) is 9.59 Å². The van der Waals surface area contributed by atoms with E-state index >= 15 is 0 Å². The van der Waals surface area contributed by atoms with Crippen molar-refractivity contribution in [3.05, 3.63) is 59.8 Å². The minimum Gasteiger partial charge on any atom is -0.492 e. The number of anilines is 2. The van der Waals surface area contributed by atoms with Crippen molar-refractivity contribution in [2.45, 2.75) is 19.8 Å². The molecule has 2 amide bonds. The van der Waals surface area contributed by atoms with Gasteiger partial charge in [0.2, 0.25) is 0 Å². The average molecular weight is 526 g/mol. The van der Waals surface area contributed by atoms with E-state index < -0.39 is 0 Å². The number of halogens is 1. The van der Waals surface area contributed by atoms with Crippen LogP contribution < -0.4 is 15.4 Å². The Kier molecular flexibility index (Phi) is 9.03. The van der Waals surface area contributed by atoms with Gasteiger partial charge < -0.3 is 20.1 Å². The molecule has 196 valence electrons. The number of carbonyl (C=O) groups is 2. The Morgan fingerprint density at radius 3 is 2.43 bits per heavy atom. The molecule has 1 aromatic heterocycles. The molecule has 0 radical (unpaired) electrons. The van der Waals surface area contributed by atoms with Crippen LogP contribution in [0.15, 0.2) is 54.7 Å². The highest BCUT2D eigenvalue weighted by Gasteiger charge is 2.25. The zero-order valence-electron chi connectivity index (χ0n) is 21.1. The molecule has 9 nitrogen and oxygen atoms in total. The molecule has 37 heavy (non-hydrogen) atoms. The molecule has 1 saturated heterocycles. The van der Waals surface area contributed by atoms with Crippen molar-refractivity contribution in [1.82, 2.24) is 14.7 Å². The van der Waals surface area contributed by atoms with Gasteiger partial charge in [-0.15, -0.1) is 0 Å². The first-order valence-electron chi connectivity index (χ1n) is 12.4. The maximum Gasteiger partial charge on any atom is 0.323 e. The summed E-state index contributed by atoms with van der Waals surface area (Å²) in [4.78, 5) is 26.8. The van der Waals surface area contributed by atoms with Crippen molar-refractivity contribution in [3.63, 3.8) is 0 Å². The van der Waals surface area contributed by atoms with E-state index in [4.69, 9.17) is 21.1 Å². The number of urea groups is 1. The third-order valence-electron chi connectivity index (χ3n) is 6.31. The molecule has 1 aliphatic heterocycles. The number of hydrogen-bond acceptors (Lipinski definition) is 6. The minimum absolute atomic E-state index is 0.00880. The lowest BCUT2D eigenvalue weighted by atomic mass is 9.97. The summed E-state index contributed by atoms with van der Waals surface area (Å²) >= 11 is 5.91. The van der Waals surface area contributed by atoms with Gasteiger partial charge in [0.1, 0.15) is 12.4 Å². The highest BCUT2D eigenvalue weighted by molar-refractivity contribution is 6.30. The van der Waals surface area contributed by atoms with Crippen LogP contribution in [0.1, 0.15) is 19.8 Å². The summed E-state index contributed by atoms with van der Waals surface area (Å²) in [5.74, 6) is 0.605. The lowest BCUT2D eigenvalue weighted by Gasteiger charge is -2.30. The number of likely N-dealkylation sites (tertiary alicyclic amines) is 1. The van der Waals surface area contributed by atoms with Crippen molar-refractivity contribution >= 4 is 35.0 Å². The predicted octanol–water partition coefficient (Wildman–Crippen LogP) is 5.04. The van der Waals surface area contributed by atoms with E-state index in [1.54, 1.807) is 35.1 Å². The van der Waals surface area contributed by atoms with E-state index in [0.29, 0.717) is 35.4 Å². The Labute approximate surface area is 221 Å². The summed E-state index contributed by atoms with van der Waals surface area (Å²) < 4.78 is 13.1. The number of aryl methyl sites for hydroxylation is 1. The zero-order chi connectivity index (χ0) is 26.2. The van der Waals surface area contributed by atoms with Crippen LogP contribution in [0, 0.1) is 5.92 Å². The quantitative estimate of drug-likeness (QED) is 0.380. The van der Waals surface area contributed by atoms with Crippen LogP contribution in [0.25, 0.3) is 11.3 Å². The summed E-state index contributed by atoms with van der Waals surface area (Å²) in [6, 6.07) is 14.0. The van der Waals surface area contributed by atoms with Gasteiger partial charge in [-0.3, -0.25) is 14.4 Å². The normalized spacial score (nSPS) is 14.2. The summed E-state index contributed by atoms with van der Waals surface area (Å²) in [7, 11) is 1.86. The minimum atomic E-state index is -0.363. The van der Waals surface area contributed by atoms with Crippen LogP contribution in [-0.2, 0) is 16.6 Å².